The summed E-state index contributed by atoms with van der Waals surface area (Å²) in [4.78, 5) is 11.8. The SMILES string of the molecule is CCCCCC(=O)N=Nc1cc(C(C)(C)C)c(O)c(C(C)(C)C)c1. The lowest BCUT2D eigenvalue weighted by molar-refractivity contribution is -0.118. The summed E-state index contributed by atoms with van der Waals surface area (Å²) in [6.07, 6.45) is 3.40. The fourth-order valence-electron chi connectivity index (χ4n) is 2.51. The number of hydrogen-bond acceptors (Lipinski definition) is 3. The van der Waals surface area contributed by atoms with Gasteiger partial charge in [-0.15, -0.1) is 10.2 Å². The van der Waals surface area contributed by atoms with Crippen LogP contribution in [0.2, 0.25) is 0 Å². The largest absolute Gasteiger partial charge is 0.507 e. The highest BCUT2D eigenvalue weighted by Crippen LogP contribution is 2.41. The van der Waals surface area contributed by atoms with Crippen LogP contribution in [0, 0.1) is 0 Å². The molecule has 0 aliphatic heterocycles. The molecule has 0 spiro atoms. The summed E-state index contributed by atoms with van der Waals surface area (Å²) in [6, 6.07) is 3.65. The Kier molecular flexibility index (Phi) is 6.70. The van der Waals surface area contributed by atoms with Gasteiger partial charge in [0.15, 0.2) is 0 Å². The zero-order chi connectivity index (χ0) is 18.5. The second-order valence-corrected chi connectivity index (χ2v) is 8.44. The molecule has 0 aromatic heterocycles. The standard InChI is InChI=1S/C20H32N2O2/c1-8-9-10-11-17(23)22-21-14-12-15(19(2,3)4)18(24)16(13-14)20(5,6)7/h12-13,24H,8-11H2,1-7H3. The maximum Gasteiger partial charge on any atom is 0.264 e. The Balaban J connectivity index is 3.18. The molecule has 4 nitrogen and oxygen atoms in total. The van der Waals surface area contributed by atoms with Crippen molar-refractivity contribution in [2.24, 2.45) is 10.2 Å². The van der Waals surface area contributed by atoms with E-state index in [4.69, 9.17) is 0 Å². The van der Waals surface area contributed by atoms with E-state index in [-0.39, 0.29) is 16.7 Å². The summed E-state index contributed by atoms with van der Waals surface area (Å²) < 4.78 is 0. The predicted octanol–water partition coefficient (Wildman–Crippen LogP) is 6.18. The van der Waals surface area contributed by atoms with Crippen LogP contribution in [0.25, 0.3) is 0 Å². The van der Waals surface area contributed by atoms with E-state index in [0.29, 0.717) is 17.9 Å². The van der Waals surface area contributed by atoms with Crippen LogP contribution in [0.15, 0.2) is 22.4 Å². The lowest BCUT2D eigenvalue weighted by Gasteiger charge is -2.27. The Morgan fingerprint density at radius 2 is 1.50 bits per heavy atom. The number of unbranched alkanes of at least 4 members (excludes halogenated alkanes) is 2. The number of phenolic OH excluding ortho intramolecular Hbond substituents is 1. The van der Waals surface area contributed by atoms with E-state index in [1.807, 2.05) is 53.7 Å². The molecule has 0 bridgehead atoms. The Hall–Kier alpha value is -1.71. The second-order valence-electron chi connectivity index (χ2n) is 8.44. The summed E-state index contributed by atoms with van der Waals surface area (Å²) in [7, 11) is 0. The molecule has 1 amide bonds. The molecule has 0 saturated heterocycles. The van der Waals surface area contributed by atoms with Gasteiger partial charge in [0, 0.05) is 17.5 Å². The summed E-state index contributed by atoms with van der Waals surface area (Å²) in [5.41, 5.74) is 1.82. The Bertz CT molecular complexity index is 570. The minimum Gasteiger partial charge on any atom is -0.507 e. The van der Waals surface area contributed by atoms with Gasteiger partial charge in [-0.05, 0) is 29.4 Å². The van der Waals surface area contributed by atoms with Gasteiger partial charge in [-0.25, -0.2) is 0 Å². The van der Waals surface area contributed by atoms with E-state index < -0.39 is 0 Å². The smallest absolute Gasteiger partial charge is 0.264 e. The zero-order valence-electron chi connectivity index (χ0n) is 16.2. The monoisotopic (exact) mass is 332 g/mol. The third-order valence-corrected chi connectivity index (χ3v) is 3.98. The van der Waals surface area contributed by atoms with E-state index in [0.717, 1.165) is 30.4 Å². The van der Waals surface area contributed by atoms with E-state index in [2.05, 4.69) is 17.2 Å². The zero-order valence-corrected chi connectivity index (χ0v) is 16.2. The van der Waals surface area contributed by atoms with E-state index in [1.165, 1.54) is 0 Å². The minimum absolute atomic E-state index is 0.189. The number of benzene rings is 1. The molecule has 0 saturated carbocycles. The van der Waals surface area contributed by atoms with Gasteiger partial charge in [0.25, 0.3) is 5.91 Å². The van der Waals surface area contributed by atoms with Crippen LogP contribution in [0.4, 0.5) is 5.69 Å². The van der Waals surface area contributed by atoms with Gasteiger partial charge >= 0.3 is 0 Å². The molecular formula is C20H32N2O2. The van der Waals surface area contributed by atoms with Crippen LogP contribution >= 0.6 is 0 Å². The average Bonchev–Trinajstić information content (AvgIpc) is 2.44. The molecule has 1 N–H and O–H groups in total. The van der Waals surface area contributed by atoms with Gasteiger partial charge in [0.2, 0.25) is 0 Å². The predicted molar refractivity (Wildman–Crippen MR) is 99.2 cm³/mol. The number of hydrogen-bond donors (Lipinski definition) is 1. The van der Waals surface area contributed by atoms with Crippen molar-refractivity contribution in [3.8, 4) is 5.75 Å². The Labute approximate surface area is 146 Å². The number of phenols is 1. The maximum atomic E-state index is 11.8. The van der Waals surface area contributed by atoms with Crippen molar-refractivity contribution in [2.75, 3.05) is 0 Å². The highest BCUT2D eigenvalue weighted by Gasteiger charge is 2.26. The van der Waals surface area contributed by atoms with Crippen molar-refractivity contribution >= 4 is 11.6 Å². The molecule has 0 atom stereocenters. The molecular weight excluding hydrogens is 300 g/mol. The molecule has 0 heterocycles. The number of carbonyl (C=O) groups excluding carboxylic acids is 1. The van der Waals surface area contributed by atoms with Crippen LogP contribution in [0.1, 0.15) is 85.3 Å². The number of nitrogens with zero attached hydrogens (tertiary/aromatic N) is 2. The van der Waals surface area contributed by atoms with E-state index >= 15 is 0 Å². The minimum atomic E-state index is -0.221. The van der Waals surface area contributed by atoms with Crippen LogP contribution in [-0.2, 0) is 15.6 Å². The molecule has 0 radical (unpaired) electrons. The van der Waals surface area contributed by atoms with Gasteiger partial charge < -0.3 is 5.11 Å². The first-order chi connectivity index (χ1) is 11.0. The molecule has 134 valence electrons. The molecule has 24 heavy (non-hydrogen) atoms. The van der Waals surface area contributed by atoms with Crippen LogP contribution in [-0.4, -0.2) is 11.0 Å². The van der Waals surface area contributed by atoms with Gasteiger partial charge in [-0.3, -0.25) is 4.79 Å². The highest BCUT2D eigenvalue weighted by atomic mass is 16.3. The second kappa shape index (κ2) is 7.91. The first-order valence-electron chi connectivity index (χ1n) is 8.79. The molecule has 0 aliphatic carbocycles. The van der Waals surface area contributed by atoms with Crippen molar-refractivity contribution in [3.63, 3.8) is 0 Å². The van der Waals surface area contributed by atoms with Gasteiger partial charge in [0.1, 0.15) is 5.75 Å². The molecule has 1 aromatic carbocycles. The molecule has 0 unspecified atom stereocenters. The molecule has 4 heteroatoms. The van der Waals surface area contributed by atoms with Crippen molar-refractivity contribution in [1.29, 1.82) is 0 Å². The molecule has 0 aliphatic rings. The van der Waals surface area contributed by atoms with Crippen molar-refractivity contribution in [1.82, 2.24) is 0 Å². The van der Waals surface area contributed by atoms with E-state index in [9.17, 15) is 9.90 Å². The first-order valence-corrected chi connectivity index (χ1v) is 8.79. The third kappa shape index (κ3) is 5.73. The summed E-state index contributed by atoms with van der Waals surface area (Å²) >= 11 is 0. The number of amides is 1. The molecule has 0 fully saturated rings. The van der Waals surface area contributed by atoms with Crippen LogP contribution in [0.5, 0.6) is 5.75 Å². The number of aromatic hydroxyl groups is 1. The van der Waals surface area contributed by atoms with Crippen LogP contribution in [0.3, 0.4) is 0 Å². The maximum absolute atomic E-state index is 11.8. The highest BCUT2D eigenvalue weighted by molar-refractivity contribution is 5.76. The third-order valence-electron chi connectivity index (χ3n) is 3.98. The Morgan fingerprint density at radius 3 is 1.92 bits per heavy atom. The lowest BCUT2D eigenvalue weighted by Crippen LogP contribution is -2.16. The Morgan fingerprint density at radius 1 is 1.00 bits per heavy atom. The van der Waals surface area contributed by atoms with Gasteiger partial charge in [-0.2, -0.15) is 0 Å². The quantitative estimate of drug-likeness (QED) is 0.517. The van der Waals surface area contributed by atoms with Gasteiger partial charge in [0.05, 0.1) is 5.69 Å². The van der Waals surface area contributed by atoms with Crippen molar-refractivity contribution < 1.29 is 9.90 Å². The summed E-state index contributed by atoms with van der Waals surface area (Å²) in [6.45, 7) is 14.4. The van der Waals surface area contributed by atoms with Gasteiger partial charge in [-0.1, -0.05) is 61.3 Å². The van der Waals surface area contributed by atoms with Crippen molar-refractivity contribution in [2.45, 2.75) is 85.0 Å². The average molecular weight is 332 g/mol. The molecule has 1 aromatic rings. The van der Waals surface area contributed by atoms with Crippen molar-refractivity contribution in [3.05, 3.63) is 23.3 Å². The van der Waals surface area contributed by atoms with E-state index in [1.54, 1.807) is 0 Å². The number of azo groups is 1. The number of rotatable bonds is 5. The lowest BCUT2D eigenvalue weighted by atomic mass is 9.79. The normalized spacial score (nSPS) is 12.8. The fraction of sp³-hybridized carbons (Fsp3) is 0.650. The summed E-state index contributed by atoms with van der Waals surface area (Å²) in [5.74, 6) is 0.120. The summed E-state index contributed by atoms with van der Waals surface area (Å²) in [5, 5.41) is 18.7. The van der Waals surface area contributed by atoms with Crippen LogP contribution < -0.4 is 0 Å². The fourth-order valence-corrected chi connectivity index (χ4v) is 2.51. The molecule has 1 rings (SSSR count). The topological polar surface area (TPSA) is 62.0 Å². The number of carbonyl (C=O) groups is 1. The first kappa shape index (κ1) is 20.3.